The van der Waals surface area contributed by atoms with Crippen molar-refractivity contribution >= 4 is 23.3 Å². The molecule has 9 heteroatoms. The SMILES string of the molecule is Cl.Cn1c2c(c3ccc(-n4ccc(-c5ccc(C(F)(F)F)nc5)cc4=O)cc31)[C@@H]1CC[C@H](C2)N1. The Morgan fingerprint density at radius 2 is 1.88 bits per heavy atom. The second-order valence-corrected chi connectivity index (χ2v) is 8.87. The van der Waals surface area contributed by atoms with Gasteiger partial charge in [-0.15, -0.1) is 12.4 Å². The van der Waals surface area contributed by atoms with Crippen LogP contribution in [0.5, 0.6) is 0 Å². The molecule has 1 saturated heterocycles. The summed E-state index contributed by atoms with van der Waals surface area (Å²) in [6, 6.07) is 12.4. The van der Waals surface area contributed by atoms with E-state index in [2.05, 4.69) is 28.0 Å². The fourth-order valence-corrected chi connectivity index (χ4v) is 5.34. The highest BCUT2D eigenvalue weighted by molar-refractivity contribution is 5.88. The van der Waals surface area contributed by atoms with Crippen LogP contribution in [0.2, 0.25) is 0 Å². The van der Waals surface area contributed by atoms with Gasteiger partial charge in [0, 0.05) is 60.7 Å². The molecule has 2 bridgehead atoms. The minimum atomic E-state index is -4.49. The van der Waals surface area contributed by atoms with Crippen LogP contribution in [0.3, 0.4) is 0 Å². The van der Waals surface area contributed by atoms with Crippen molar-refractivity contribution in [3.8, 4) is 16.8 Å². The number of benzene rings is 1. The van der Waals surface area contributed by atoms with Crippen molar-refractivity contribution in [2.24, 2.45) is 7.05 Å². The zero-order chi connectivity index (χ0) is 22.9. The summed E-state index contributed by atoms with van der Waals surface area (Å²) in [5.74, 6) is 0. The summed E-state index contributed by atoms with van der Waals surface area (Å²) in [5, 5.41) is 4.92. The first-order chi connectivity index (χ1) is 15.8. The van der Waals surface area contributed by atoms with Gasteiger partial charge in [-0.25, -0.2) is 0 Å². The first-order valence-electron chi connectivity index (χ1n) is 10.9. The Kier molecular flexibility index (Phi) is 5.33. The van der Waals surface area contributed by atoms with Crippen molar-refractivity contribution in [1.82, 2.24) is 19.4 Å². The predicted octanol–water partition coefficient (Wildman–Crippen LogP) is 5.18. The zero-order valence-electron chi connectivity index (χ0n) is 18.3. The average Bonchev–Trinajstić information content (AvgIpc) is 3.31. The van der Waals surface area contributed by atoms with Gasteiger partial charge >= 0.3 is 6.18 Å². The molecule has 1 N–H and O–H groups in total. The third-order valence-corrected chi connectivity index (χ3v) is 6.96. The van der Waals surface area contributed by atoms with Crippen LogP contribution in [-0.2, 0) is 19.6 Å². The molecule has 1 aromatic carbocycles. The van der Waals surface area contributed by atoms with Gasteiger partial charge in [0.05, 0.1) is 11.2 Å². The number of aryl methyl sites for hydroxylation is 1. The summed E-state index contributed by atoms with van der Waals surface area (Å²) in [4.78, 5) is 16.4. The van der Waals surface area contributed by atoms with Crippen molar-refractivity contribution in [2.75, 3.05) is 0 Å². The van der Waals surface area contributed by atoms with Gasteiger partial charge in [0.25, 0.3) is 5.56 Å². The van der Waals surface area contributed by atoms with Crippen LogP contribution in [0.15, 0.2) is 59.7 Å². The van der Waals surface area contributed by atoms with Gasteiger partial charge in [0.15, 0.2) is 0 Å². The van der Waals surface area contributed by atoms with Gasteiger partial charge < -0.3 is 9.88 Å². The number of fused-ring (bicyclic) bond motifs is 6. The number of halogens is 4. The quantitative estimate of drug-likeness (QED) is 0.425. The topological polar surface area (TPSA) is 51.9 Å². The number of nitrogens with zero attached hydrogens (tertiary/aromatic N) is 3. The molecule has 0 radical (unpaired) electrons. The molecule has 2 atom stereocenters. The molecule has 0 aliphatic carbocycles. The van der Waals surface area contributed by atoms with Crippen LogP contribution >= 0.6 is 12.4 Å². The summed E-state index contributed by atoms with van der Waals surface area (Å²) in [6.07, 6.45) is 1.68. The fourth-order valence-electron chi connectivity index (χ4n) is 5.34. The molecule has 2 aliphatic heterocycles. The number of hydrogen-bond donors (Lipinski definition) is 1. The number of alkyl halides is 3. The number of rotatable bonds is 2. The van der Waals surface area contributed by atoms with E-state index in [1.165, 1.54) is 35.2 Å². The van der Waals surface area contributed by atoms with Crippen molar-refractivity contribution in [3.63, 3.8) is 0 Å². The Bertz CT molecular complexity index is 1460. The fraction of sp³-hybridized carbons (Fsp3) is 0.280. The van der Waals surface area contributed by atoms with Gasteiger partial charge in [0.1, 0.15) is 5.69 Å². The normalized spacial score (nSPS) is 19.2. The summed E-state index contributed by atoms with van der Waals surface area (Å²) in [5.41, 5.74) is 4.36. The lowest BCUT2D eigenvalue weighted by molar-refractivity contribution is -0.141. The standard InChI is InChI=1S/C25H21F3N4O.ClH/c1-31-20-12-17(4-5-18(20)24-19-6-3-16(30-19)11-21(24)31)32-9-8-14(10-23(32)33)15-2-7-22(29-13-15)25(26,27)28;/h2,4-5,7-10,12-13,16,19,30H,3,6,11H2,1H3;1H/t16-,19+;/m1./s1. The third kappa shape index (κ3) is 3.52. The van der Waals surface area contributed by atoms with Gasteiger partial charge in [-0.05, 0) is 48.2 Å². The maximum Gasteiger partial charge on any atom is 0.433 e. The van der Waals surface area contributed by atoms with E-state index in [1.54, 1.807) is 16.8 Å². The van der Waals surface area contributed by atoms with E-state index in [1.807, 2.05) is 12.1 Å². The second-order valence-electron chi connectivity index (χ2n) is 8.87. The molecule has 1 fully saturated rings. The van der Waals surface area contributed by atoms with Crippen LogP contribution in [-0.4, -0.2) is 20.2 Å². The van der Waals surface area contributed by atoms with Crippen LogP contribution < -0.4 is 10.9 Å². The largest absolute Gasteiger partial charge is 0.433 e. The maximum atomic E-state index is 12.9. The van der Waals surface area contributed by atoms with Crippen molar-refractivity contribution in [3.05, 3.63) is 82.2 Å². The summed E-state index contributed by atoms with van der Waals surface area (Å²) in [6.45, 7) is 0. The molecular weight excluding hydrogens is 465 g/mol. The van der Waals surface area contributed by atoms with Crippen molar-refractivity contribution in [1.29, 1.82) is 0 Å². The molecule has 34 heavy (non-hydrogen) atoms. The molecule has 5 nitrogen and oxygen atoms in total. The first kappa shape index (κ1) is 22.7. The monoisotopic (exact) mass is 486 g/mol. The van der Waals surface area contributed by atoms with Crippen LogP contribution in [0.1, 0.15) is 35.8 Å². The van der Waals surface area contributed by atoms with Gasteiger partial charge in [-0.1, -0.05) is 12.1 Å². The number of nitrogens with one attached hydrogen (secondary N) is 1. The van der Waals surface area contributed by atoms with Crippen LogP contribution in [0.4, 0.5) is 13.2 Å². The number of aromatic nitrogens is 3. The minimum absolute atomic E-state index is 0. The van der Waals surface area contributed by atoms with Gasteiger partial charge in [-0.2, -0.15) is 13.2 Å². The highest BCUT2D eigenvalue weighted by Crippen LogP contribution is 2.41. The van der Waals surface area contributed by atoms with E-state index in [0.29, 0.717) is 23.2 Å². The Morgan fingerprint density at radius 1 is 1.06 bits per heavy atom. The lowest BCUT2D eigenvalue weighted by Gasteiger charge is -2.23. The van der Waals surface area contributed by atoms with E-state index in [-0.39, 0.29) is 18.0 Å². The highest BCUT2D eigenvalue weighted by Gasteiger charge is 2.36. The molecule has 2 aliphatic rings. The molecule has 0 saturated carbocycles. The van der Waals surface area contributed by atoms with Crippen molar-refractivity contribution in [2.45, 2.75) is 37.5 Å². The van der Waals surface area contributed by atoms with Gasteiger partial charge in [0.2, 0.25) is 0 Å². The second kappa shape index (κ2) is 7.99. The molecule has 5 heterocycles. The average molecular weight is 487 g/mol. The molecule has 3 aromatic heterocycles. The molecule has 0 unspecified atom stereocenters. The van der Waals surface area contributed by atoms with Gasteiger partial charge in [-0.3, -0.25) is 14.3 Å². The zero-order valence-corrected chi connectivity index (χ0v) is 19.1. The van der Waals surface area contributed by atoms with E-state index >= 15 is 0 Å². The Hall–Kier alpha value is -3.10. The van der Waals surface area contributed by atoms with E-state index in [9.17, 15) is 18.0 Å². The smallest absolute Gasteiger partial charge is 0.347 e. The Balaban J connectivity index is 0.00000241. The van der Waals surface area contributed by atoms with Crippen LogP contribution in [0, 0.1) is 0 Å². The lowest BCUT2D eigenvalue weighted by atomic mass is 9.99. The minimum Gasteiger partial charge on any atom is -0.347 e. The van der Waals surface area contributed by atoms with Crippen molar-refractivity contribution < 1.29 is 13.2 Å². The molecule has 0 spiro atoms. The summed E-state index contributed by atoms with van der Waals surface area (Å²) < 4.78 is 42.1. The maximum absolute atomic E-state index is 12.9. The third-order valence-electron chi connectivity index (χ3n) is 6.96. The molecule has 176 valence electrons. The van der Waals surface area contributed by atoms with Crippen LogP contribution in [0.25, 0.3) is 27.7 Å². The number of hydrogen-bond acceptors (Lipinski definition) is 3. The first-order valence-corrected chi connectivity index (χ1v) is 10.9. The van der Waals surface area contributed by atoms with E-state index < -0.39 is 11.9 Å². The lowest BCUT2D eigenvalue weighted by Crippen LogP contribution is -2.32. The summed E-state index contributed by atoms with van der Waals surface area (Å²) >= 11 is 0. The molecular formula is C25H22ClF3N4O. The Morgan fingerprint density at radius 3 is 2.59 bits per heavy atom. The highest BCUT2D eigenvalue weighted by atomic mass is 35.5. The van der Waals surface area contributed by atoms with E-state index in [0.717, 1.165) is 36.3 Å². The van der Waals surface area contributed by atoms with E-state index in [4.69, 9.17) is 0 Å². The predicted molar refractivity (Wildman–Crippen MR) is 127 cm³/mol. The summed E-state index contributed by atoms with van der Waals surface area (Å²) in [7, 11) is 2.08. The molecule has 0 amide bonds. The molecule has 4 aromatic rings. The molecule has 6 rings (SSSR count). The Labute approximate surface area is 199 Å². The number of pyridine rings is 2.